The SMILES string of the molecule is CCOc1ccc(NS(=O)(=O)c2cc(NC(=O)c3cc(C)ccc3C)ccc2OC)cc1. The minimum atomic E-state index is -3.99. The van der Waals surface area contributed by atoms with Crippen molar-refractivity contribution in [2.24, 2.45) is 0 Å². The van der Waals surface area contributed by atoms with Gasteiger partial charge < -0.3 is 14.8 Å². The molecule has 1 amide bonds. The number of carbonyl (C=O) groups is 1. The van der Waals surface area contributed by atoms with E-state index in [-0.39, 0.29) is 16.6 Å². The fraction of sp³-hybridized carbons (Fsp3) is 0.208. The molecule has 168 valence electrons. The van der Waals surface area contributed by atoms with E-state index in [9.17, 15) is 13.2 Å². The molecule has 3 aromatic carbocycles. The predicted molar refractivity (Wildman–Crippen MR) is 125 cm³/mol. The van der Waals surface area contributed by atoms with E-state index in [2.05, 4.69) is 10.0 Å². The zero-order valence-electron chi connectivity index (χ0n) is 18.4. The van der Waals surface area contributed by atoms with E-state index in [1.165, 1.54) is 19.2 Å². The molecule has 0 bridgehead atoms. The average molecular weight is 455 g/mol. The van der Waals surface area contributed by atoms with Gasteiger partial charge >= 0.3 is 0 Å². The van der Waals surface area contributed by atoms with Gasteiger partial charge in [-0.3, -0.25) is 9.52 Å². The van der Waals surface area contributed by atoms with E-state index in [4.69, 9.17) is 9.47 Å². The van der Waals surface area contributed by atoms with E-state index in [0.29, 0.717) is 29.3 Å². The Balaban J connectivity index is 1.88. The smallest absolute Gasteiger partial charge is 0.265 e. The van der Waals surface area contributed by atoms with Gasteiger partial charge in [-0.15, -0.1) is 0 Å². The van der Waals surface area contributed by atoms with Gasteiger partial charge in [-0.1, -0.05) is 17.7 Å². The molecule has 3 rings (SSSR count). The van der Waals surface area contributed by atoms with Crippen molar-refractivity contribution < 1.29 is 22.7 Å². The van der Waals surface area contributed by atoms with Gasteiger partial charge in [0.25, 0.3) is 15.9 Å². The molecule has 0 aliphatic heterocycles. The van der Waals surface area contributed by atoms with Crippen molar-refractivity contribution >= 4 is 27.3 Å². The number of anilines is 2. The molecule has 0 radical (unpaired) electrons. The van der Waals surface area contributed by atoms with Crippen molar-refractivity contribution in [2.45, 2.75) is 25.7 Å². The van der Waals surface area contributed by atoms with Crippen LogP contribution in [0, 0.1) is 13.8 Å². The fourth-order valence-electron chi connectivity index (χ4n) is 3.14. The zero-order valence-corrected chi connectivity index (χ0v) is 19.2. The van der Waals surface area contributed by atoms with Crippen molar-refractivity contribution in [3.63, 3.8) is 0 Å². The number of carbonyl (C=O) groups excluding carboxylic acids is 1. The standard InChI is InChI=1S/C24H26N2O5S/c1-5-31-20-11-8-18(9-12-20)26-32(28,29)23-15-19(10-13-22(23)30-4)25-24(27)21-14-16(2)6-7-17(21)3/h6-15,26H,5H2,1-4H3,(H,25,27). The second kappa shape index (κ2) is 9.74. The summed E-state index contributed by atoms with van der Waals surface area (Å²) in [5, 5.41) is 2.77. The van der Waals surface area contributed by atoms with Gasteiger partial charge in [0.05, 0.1) is 13.7 Å². The molecule has 0 heterocycles. The Bertz CT molecular complexity index is 1220. The zero-order chi connectivity index (χ0) is 23.3. The molecule has 0 aliphatic rings. The van der Waals surface area contributed by atoms with Gasteiger partial charge in [0.1, 0.15) is 16.4 Å². The minimum absolute atomic E-state index is 0.0901. The Morgan fingerprint density at radius 3 is 2.28 bits per heavy atom. The molecule has 0 unspecified atom stereocenters. The predicted octanol–water partition coefficient (Wildman–Crippen LogP) is 4.76. The Labute approximate surface area is 188 Å². The Morgan fingerprint density at radius 2 is 1.62 bits per heavy atom. The van der Waals surface area contributed by atoms with Crippen LogP contribution in [0.4, 0.5) is 11.4 Å². The molecule has 0 aliphatic carbocycles. The first-order valence-corrected chi connectivity index (χ1v) is 11.5. The van der Waals surface area contributed by atoms with Crippen molar-refractivity contribution in [1.29, 1.82) is 0 Å². The molecule has 0 saturated carbocycles. The summed E-state index contributed by atoms with van der Waals surface area (Å²) in [6.45, 7) is 6.14. The number of hydrogen-bond donors (Lipinski definition) is 2. The quantitative estimate of drug-likeness (QED) is 0.512. The third kappa shape index (κ3) is 5.39. The number of sulfonamides is 1. The molecule has 0 spiro atoms. The minimum Gasteiger partial charge on any atom is -0.495 e. The van der Waals surface area contributed by atoms with Gasteiger partial charge in [0.2, 0.25) is 0 Å². The molecule has 0 fully saturated rings. The maximum atomic E-state index is 13.1. The van der Waals surface area contributed by atoms with Crippen LogP contribution in [0.1, 0.15) is 28.4 Å². The monoisotopic (exact) mass is 454 g/mol. The van der Waals surface area contributed by atoms with E-state index in [0.717, 1.165) is 11.1 Å². The molecule has 7 nitrogen and oxygen atoms in total. The largest absolute Gasteiger partial charge is 0.495 e. The number of methoxy groups -OCH3 is 1. The summed E-state index contributed by atoms with van der Waals surface area (Å²) in [5.74, 6) is 0.483. The van der Waals surface area contributed by atoms with E-state index in [1.54, 1.807) is 36.4 Å². The molecule has 0 saturated heterocycles. The fourth-order valence-corrected chi connectivity index (χ4v) is 4.39. The van der Waals surface area contributed by atoms with Gasteiger partial charge in [0, 0.05) is 16.9 Å². The van der Waals surface area contributed by atoms with Crippen LogP contribution in [-0.2, 0) is 10.0 Å². The van der Waals surface area contributed by atoms with Crippen molar-refractivity contribution in [2.75, 3.05) is 23.8 Å². The first-order chi connectivity index (χ1) is 15.2. The molecule has 0 aromatic heterocycles. The van der Waals surface area contributed by atoms with Crippen LogP contribution >= 0.6 is 0 Å². The number of benzene rings is 3. The summed E-state index contributed by atoms with van der Waals surface area (Å²) in [6.07, 6.45) is 0. The average Bonchev–Trinajstić information content (AvgIpc) is 2.76. The highest BCUT2D eigenvalue weighted by Crippen LogP contribution is 2.29. The number of amides is 1. The highest BCUT2D eigenvalue weighted by Gasteiger charge is 2.21. The Hall–Kier alpha value is -3.52. The Kier molecular flexibility index (Phi) is 7.05. The first-order valence-electron chi connectivity index (χ1n) is 10.1. The van der Waals surface area contributed by atoms with Crippen LogP contribution < -0.4 is 19.5 Å². The maximum absolute atomic E-state index is 13.1. The maximum Gasteiger partial charge on any atom is 0.265 e. The van der Waals surface area contributed by atoms with Gasteiger partial charge in [0.15, 0.2) is 0 Å². The summed E-state index contributed by atoms with van der Waals surface area (Å²) in [5.41, 5.74) is 3.02. The third-order valence-electron chi connectivity index (χ3n) is 4.77. The molecular weight excluding hydrogens is 428 g/mol. The molecule has 2 N–H and O–H groups in total. The van der Waals surface area contributed by atoms with E-state index < -0.39 is 10.0 Å². The molecule has 0 atom stereocenters. The summed E-state index contributed by atoms with van der Waals surface area (Å²) in [7, 11) is -2.60. The lowest BCUT2D eigenvalue weighted by molar-refractivity contribution is 0.102. The van der Waals surface area contributed by atoms with Crippen LogP contribution in [0.5, 0.6) is 11.5 Å². The normalized spacial score (nSPS) is 11.0. The van der Waals surface area contributed by atoms with Gasteiger partial charge in [-0.25, -0.2) is 8.42 Å². The number of nitrogens with one attached hydrogen (secondary N) is 2. The Morgan fingerprint density at radius 1 is 0.938 bits per heavy atom. The second-order valence-corrected chi connectivity index (χ2v) is 8.85. The summed E-state index contributed by atoms with van der Waals surface area (Å²) < 4.78 is 39.3. The second-order valence-electron chi connectivity index (χ2n) is 7.20. The number of hydrogen-bond acceptors (Lipinski definition) is 5. The van der Waals surface area contributed by atoms with Crippen molar-refractivity contribution in [3.05, 3.63) is 77.4 Å². The van der Waals surface area contributed by atoms with Crippen LogP contribution in [0.3, 0.4) is 0 Å². The lowest BCUT2D eigenvalue weighted by Gasteiger charge is -2.14. The van der Waals surface area contributed by atoms with Crippen molar-refractivity contribution in [3.8, 4) is 11.5 Å². The molecule has 32 heavy (non-hydrogen) atoms. The van der Waals surface area contributed by atoms with Crippen LogP contribution in [0.15, 0.2) is 65.6 Å². The number of rotatable bonds is 8. The molecular formula is C24H26N2O5S. The summed E-state index contributed by atoms with van der Waals surface area (Å²) >= 11 is 0. The highest BCUT2D eigenvalue weighted by molar-refractivity contribution is 7.92. The lowest BCUT2D eigenvalue weighted by atomic mass is 10.1. The first kappa shape index (κ1) is 23.1. The third-order valence-corrected chi connectivity index (χ3v) is 6.17. The van der Waals surface area contributed by atoms with Crippen LogP contribution in [-0.4, -0.2) is 28.0 Å². The summed E-state index contributed by atoms with van der Waals surface area (Å²) in [6, 6.07) is 16.6. The van der Waals surface area contributed by atoms with Crippen molar-refractivity contribution in [1.82, 2.24) is 0 Å². The van der Waals surface area contributed by atoms with Crippen LogP contribution in [0.25, 0.3) is 0 Å². The number of ether oxygens (including phenoxy) is 2. The van der Waals surface area contributed by atoms with Gasteiger partial charge in [-0.05, 0) is 74.9 Å². The summed E-state index contributed by atoms with van der Waals surface area (Å²) in [4.78, 5) is 12.7. The number of aryl methyl sites for hydroxylation is 2. The van der Waals surface area contributed by atoms with Crippen LogP contribution in [0.2, 0.25) is 0 Å². The van der Waals surface area contributed by atoms with Gasteiger partial charge in [-0.2, -0.15) is 0 Å². The molecule has 3 aromatic rings. The van der Waals surface area contributed by atoms with E-state index >= 15 is 0 Å². The molecule has 8 heteroatoms. The lowest BCUT2D eigenvalue weighted by Crippen LogP contribution is -2.16. The highest BCUT2D eigenvalue weighted by atomic mass is 32.2. The topological polar surface area (TPSA) is 93.7 Å². The van der Waals surface area contributed by atoms with E-state index in [1.807, 2.05) is 32.9 Å².